The third kappa shape index (κ3) is 5.24. The number of nitrogens with one attached hydrogen (secondary N) is 1. The molecule has 0 aromatic heterocycles. The lowest BCUT2D eigenvalue weighted by atomic mass is 10.0. The molecule has 174 valence electrons. The Balaban J connectivity index is 1.81. The maximum atomic E-state index is 13.1. The second kappa shape index (κ2) is 9.11. The van der Waals surface area contributed by atoms with Crippen molar-refractivity contribution in [2.75, 3.05) is 37.4 Å². The van der Waals surface area contributed by atoms with Gasteiger partial charge < -0.3 is 10.2 Å². The summed E-state index contributed by atoms with van der Waals surface area (Å²) in [4.78, 5) is 14.3. The number of nitrogens with zero attached hydrogens (tertiary/aromatic N) is 2. The van der Waals surface area contributed by atoms with E-state index < -0.39 is 27.7 Å². The van der Waals surface area contributed by atoms with E-state index in [0.717, 1.165) is 25.0 Å². The van der Waals surface area contributed by atoms with Crippen molar-refractivity contribution in [1.82, 2.24) is 4.31 Å². The summed E-state index contributed by atoms with van der Waals surface area (Å²) in [6.07, 6.45) is -2.96. The second-order valence-corrected chi connectivity index (χ2v) is 10.1. The van der Waals surface area contributed by atoms with Gasteiger partial charge in [0.25, 0.3) is 5.91 Å². The molecular formula is C22H26F3N3O3S. The molecule has 0 radical (unpaired) electrons. The summed E-state index contributed by atoms with van der Waals surface area (Å²) >= 11 is 0. The minimum absolute atomic E-state index is 0.00830. The van der Waals surface area contributed by atoms with Crippen LogP contribution in [0.2, 0.25) is 0 Å². The summed E-state index contributed by atoms with van der Waals surface area (Å²) in [6.45, 7) is 2.99. The van der Waals surface area contributed by atoms with Crippen molar-refractivity contribution >= 4 is 27.3 Å². The highest BCUT2D eigenvalue weighted by atomic mass is 32.2. The van der Waals surface area contributed by atoms with E-state index in [0.29, 0.717) is 24.7 Å². The van der Waals surface area contributed by atoms with Gasteiger partial charge in [-0.1, -0.05) is 6.92 Å². The van der Waals surface area contributed by atoms with E-state index in [1.54, 1.807) is 19.0 Å². The number of halogens is 3. The number of carbonyl (C=O) groups excluding carboxylic acids is 1. The number of carbonyl (C=O) groups is 1. The molecule has 10 heteroatoms. The summed E-state index contributed by atoms with van der Waals surface area (Å²) in [5.41, 5.74) is -0.326. The van der Waals surface area contributed by atoms with E-state index in [-0.39, 0.29) is 16.1 Å². The van der Waals surface area contributed by atoms with E-state index in [1.165, 1.54) is 34.6 Å². The fourth-order valence-corrected chi connectivity index (χ4v) is 5.02. The van der Waals surface area contributed by atoms with E-state index in [4.69, 9.17) is 0 Å². The van der Waals surface area contributed by atoms with Crippen LogP contribution in [-0.4, -0.2) is 45.8 Å². The van der Waals surface area contributed by atoms with Crippen LogP contribution in [0.25, 0.3) is 0 Å². The van der Waals surface area contributed by atoms with Crippen molar-refractivity contribution in [2.45, 2.75) is 30.8 Å². The van der Waals surface area contributed by atoms with Crippen LogP contribution >= 0.6 is 0 Å². The molecule has 3 rings (SSSR count). The van der Waals surface area contributed by atoms with Crippen molar-refractivity contribution < 1.29 is 26.4 Å². The zero-order chi connectivity index (χ0) is 23.7. The molecule has 1 N–H and O–H groups in total. The molecule has 0 bridgehead atoms. The van der Waals surface area contributed by atoms with Gasteiger partial charge in [-0.3, -0.25) is 4.79 Å². The lowest BCUT2D eigenvalue weighted by molar-refractivity contribution is -0.137. The van der Waals surface area contributed by atoms with Crippen molar-refractivity contribution in [3.05, 3.63) is 53.6 Å². The van der Waals surface area contributed by atoms with Gasteiger partial charge in [0.2, 0.25) is 10.0 Å². The highest BCUT2D eigenvalue weighted by Crippen LogP contribution is 2.35. The number of hydrogen-bond donors (Lipinski definition) is 1. The summed E-state index contributed by atoms with van der Waals surface area (Å²) in [6, 6.07) is 8.53. The SMILES string of the molecule is CC1CCN(S(=O)(=O)c2ccc(C(=O)Nc3cc(C(F)(F)F)ccc3N(C)C)cc2)CC1. The van der Waals surface area contributed by atoms with Crippen LogP contribution in [0.15, 0.2) is 47.4 Å². The largest absolute Gasteiger partial charge is 0.416 e. The number of alkyl halides is 3. The zero-order valence-corrected chi connectivity index (χ0v) is 18.9. The molecule has 1 heterocycles. The monoisotopic (exact) mass is 469 g/mol. The van der Waals surface area contributed by atoms with Crippen LogP contribution in [0.4, 0.5) is 24.5 Å². The second-order valence-electron chi connectivity index (χ2n) is 8.19. The molecule has 2 aromatic rings. The molecule has 0 spiro atoms. The van der Waals surface area contributed by atoms with Gasteiger partial charge in [-0.15, -0.1) is 0 Å². The molecule has 1 fully saturated rings. The predicted octanol–water partition coefficient (Wildman–Crippen LogP) is 4.44. The Morgan fingerprint density at radius 1 is 1.06 bits per heavy atom. The fraction of sp³-hybridized carbons (Fsp3) is 0.409. The van der Waals surface area contributed by atoms with Crippen LogP contribution in [0.5, 0.6) is 0 Å². The summed E-state index contributed by atoms with van der Waals surface area (Å²) in [5, 5.41) is 2.51. The van der Waals surface area contributed by atoms with Gasteiger partial charge in [-0.05, 0) is 61.2 Å². The quantitative estimate of drug-likeness (QED) is 0.703. The Bertz CT molecular complexity index is 1080. The lowest BCUT2D eigenvalue weighted by Crippen LogP contribution is -2.37. The van der Waals surface area contributed by atoms with E-state index in [1.807, 2.05) is 0 Å². The highest BCUT2D eigenvalue weighted by Gasteiger charge is 2.32. The number of hydrogen-bond acceptors (Lipinski definition) is 4. The Morgan fingerprint density at radius 2 is 1.66 bits per heavy atom. The predicted molar refractivity (Wildman–Crippen MR) is 117 cm³/mol. The number of benzene rings is 2. The zero-order valence-electron chi connectivity index (χ0n) is 18.1. The van der Waals surface area contributed by atoms with Gasteiger partial charge in [0.15, 0.2) is 0 Å². The number of piperidine rings is 1. The maximum absolute atomic E-state index is 13.1. The molecule has 1 amide bonds. The first kappa shape index (κ1) is 24.1. The third-order valence-electron chi connectivity index (χ3n) is 5.55. The first-order valence-corrected chi connectivity index (χ1v) is 11.6. The van der Waals surface area contributed by atoms with Crippen LogP contribution in [-0.2, 0) is 16.2 Å². The van der Waals surface area contributed by atoms with Gasteiger partial charge in [-0.25, -0.2) is 8.42 Å². The molecule has 1 aliphatic rings. The Hall–Kier alpha value is -2.59. The molecule has 32 heavy (non-hydrogen) atoms. The van der Waals surface area contributed by atoms with E-state index in [9.17, 15) is 26.4 Å². The van der Waals surface area contributed by atoms with Crippen molar-refractivity contribution in [3.8, 4) is 0 Å². The molecular weight excluding hydrogens is 443 g/mol. The first-order chi connectivity index (χ1) is 14.9. The van der Waals surface area contributed by atoms with Crippen molar-refractivity contribution in [3.63, 3.8) is 0 Å². The molecule has 1 aliphatic heterocycles. The molecule has 2 aromatic carbocycles. The lowest BCUT2D eigenvalue weighted by Gasteiger charge is -2.29. The molecule has 0 unspecified atom stereocenters. The average Bonchev–Trinajstić information content (AvgIpc) is 2.73. The summed E-state index contributed by atoms with van der Waals surface area (Å²) < 4.78 is 66.4. The molecule has 6 nitrogen and oxygen atoms in total. The smallest absolute Gasteiger partial charge is 0.376 e. The maximum Gasteiger partial charge on any atom is 0.416 e. The van der Waals surface area contributed by atoms with Crippen LogP contribution in [0.3, 0.4) is 0 Å². The van der Waals surface area contributed by atoms with Gasteiger partial charge >= 0.3 is 6.18 Å². The van der Waals surface area contributed by atoms with Crippen molar-refractivity contribution in [2.24, 2.45) is 5.92 Å². The Labute approximate surface area is 186 Å². The summed E-state index contributed by atoms with van der Waals surface area (Å²) in [7, 11) is -0.353. The molecule has 1 saturated heterocycles. The Morgan fingerprint density at radius 3 is 2.19 bits per heavy atom. The van der Waals surface area contributed by atoms with Gasteiger partial charge in [-0.2, -0.15) is 17.5 Å². The third-order valence-corrected chi connectivity index (χ3v) is 7.46. The van der Waals surface area contributed by atoms with Crippen LogP contribution in [0, 0.1) is 5.92 Å². The highest BCUT2D eigenvalue weighted by molar-refractivity contribution is 7.89. The number of sulfonamides is 1. The minimum atomic E-state index is -4.55. The van der Waals surface area contributed by atoms with Crippen molar-refractivity contribution in [1.29, 1.82) is 0 Å². The average molecular weight is 470 g/mol. The van der Waals surface area contributed by atoms with Gasteiger partial charge in [0.1, 0.15) is 0 Å². The standard InChI is InChI=1S/C22H26F3N3O3S/c1-15-10-12-28(13-11-15)32(30,31)18-7-4-16(5-8-18)21(29)26-19-14-17(22(23,24)25)6-9-20(19)27(2)3/h4-9,14-15H,10-13H2,1-3H3,(H,26,29). The normalized spacial score (nSPS) is 16.1. The van der Waals surface area contributed by atoms with E-state index in [2.05, 4.69) is 12.2 Å². The van der Waals surface area contributed by atoms with Gasteiger partial charge in [0.05, 0.1) is 21.8 Å². The minimum Gasteiger partial charge on any atom is -0.376 e. The molecule has 0 atom stereocenters. The number of anilines is 2. The number of amides is 1. The van der Waals surface area contributed by atoms with E-state index >= 15 is 0 Å². The molecule has 0 saturated carbocycles. The van der Waals surface area contributed by atoms with Crippen LogP contribution in [0.1, 0.15) is 35.7 Å². The Kier molecular flexibility index (Phi) is 6.85. The van der Waals surface area contributed by atoms with Crippen LogP contribution < -0.4 is 10.2 Å². The summed E-state index contributed by atoms with van der Waals surface area (Å²) in [5.74, 6) is -0.154. The van der Waals surface area contributed by atoms with Gasteiger partial charge in [0, 0.05) is 32.7 Å². The number of rotatable bonds is 5. The molecule has 0 aliphatic carbocycles. The first-order valence-electron chi connectivity index (χ1n) is 10.2. The fourth-order valence-electron chi connectivity index (χ4n) is 3.55. The topological polar surface area (TPSA) is 69.7 Å².